The number of aliphatic hydroxyl groups excluding tert-OH is 1. The topological polar surface area (TPSA) is 38.7 Å². The lowest BCUT2D eigenvalue weighted by atomic mass is 9.82. The number of hydrogen-bond acceptors (Lipinski definition) is 3. The van der Waals surface area contributed by atoms with Crippen LogP contribution in [0.4, 0.5) is 13.2 Å². The Hall–Kier alpha value is -2.83. The zero-order valence-electron chi connectivity index (χ0n) is 19.2. The van der Waals surface area contributed by atoms with Crippen LogP contribution in [0.1, 0.15) is 55.2 Å². The summed E-state index contributed by atoms with van der Waals surface area (Å²) in [6, 6.07) is 14.8. The first-order valence-corrected chi connectivity index (χ1v) is 11.7. The van der Waals surface area contributed by atoms with Crippen LogP contribution in [0, 0.1) is 17.5 Å². The zero-order valence-corrected chi connectivity index (χ0v) is 19.2. The first kappa shape index (κ1) is 24.3. The third-order valence-electron chi connectivity index (χ3n) is 6.48. The molecular formula is C28H29F3O3. The van der Waals surface area contributed by atoms with Gasteiger partial charge in [-0.1, -0.05) is 42.5 Å². The lowest BCUT2D eigenvalue weighted by Gasteiger charge is -2.29. The van der Waals surface area contributed by atoms with Gasteiger partial charge in [0, 0.05) is 17.2 Å². The fourth-order valence-electron chi connectivity index (χ4n) is 4.54. The second-order valence-corrected chi connectivity index (χ2v) is 8.66. The fraction of sp³-hybridized carbons (Fsp3) is 0.357. The molecule has 0 aliphatic heterocycles. The van der Waals surface area contributed by atoms with Crippen LogP contribution in [0.15, 0.2) is 54.6 Å². The number of aliphatic hydroxyl groups is 1. The van der Waals surface area contributed by atoms with Crippen molar-refractivity contribution in [2.24, 2.45) is 0 Å². The summed E-state index contributed by atoms with van der Waals surface area (Å²) in [7, 11) is 0. The van der Waals surface area contributed by atoms with Gasteiger partial charge in [0.1, 0.15) is 11.6 Å². The quantitative estimate of drug-likeness (QED) is 0.389. The molecule has 4 rings (SSSR count). The minimum atomic E-state index is -0.849. The molecule has 0 amide bonds. The molecule has 1 fully saturated rings. The van der Waals surface area contributed by atoms with Crippen LogP contribution in [0.2, 0.25) is 0 Å². The Morgan fingerprint density at radius 1 is 0.882 bits per heavy atom. The van der Waals surface area contributed by atoms with Crippen molar-refractivity contribution in [2.75, 3.05) is 6.61 Å². The molecular weight excluding hydrogens is 441 g/mol. The Kier molecular flexibility index (Phi) is 7.91. The van der Waals surface area contributed by atoms with E-state index in [0.717, 1.165) is 0 Å². The minimum absolute atomic E-state index is 0.0422. The van der Waals surface area contributed by atoms with Crippen molar-refractivity contribution in [1.29, 1.82) is 0 Å². The number of hydrogen-bond donors (Lipinski definition) is 1. The summed E-state index contributed by atoms with van der Waals surface area (Å²) >= 11 is 0. The van der Waals surface area contributed by atoms with Crippen molar-refractivity contribution in [2.45, 2.75) is 57.8 Å². The van der Waals surface area contributed by atoms with Crippen molar-refractivity contribution < 1.29 is 27.8 Å². The highest BCUT2D eigenvalue weighted by atomic mass is 19.2. The van der Waals surface area contributed by atoms with Gasteiger partial charge in [0.2, 0.25) is 0 Å². The summed E-state index contributed by atoms with van der Waals surface area (Å²) < 4.78 is 55.3. The van der Waals surface area contributed by atoms with E-state index in [4.69, 9.17) is 14.6 Å². The Morgan fingerprint density at radius 3 is 2.26 bits per heavy atom. The van der Waals surface area contributed by atoms with Crippen LogP contribution >= 0.6 is 0 Å². The van der Waals surface area contributed by atoms with Crippen LogP contribution in [0.3, 0.4) is 0 Å². The molecule has 0 saturated heterocycles. The molecule has 0 radical (unpaired) electrons. The van der Waals surface area contributed by atoms with Gasteiger partial charge in [-0.25, -0.2) is 13.2 Å². The third-order valence-corrected chi connectivity index (χ3v) is 6.48. The smallest absolute Gasteiger partial charge is 0.166 e. The lowest BCUT2D eigenvalue weighted by Crippen LogP contribution is -2.21. The van der Waals surface area contributed by atoms with E-state index in [1.165, 1.54) is 6.07 Å². The van der Waals surface area contributed by atoms with E-state index in [1.54, 1.807) is 48.5 Å². The Morgan fingerprint density at radius 2 is 1.62 bits per heavy atom. The molecule has 0 heterocycles. The first-order valence-electron chi connectivity index (χ1n) is 11.7. The van der Waals surface area contributed by atoms with E-state index >= 15 is 0 Å². The molecule has 3 aromatic rings. The lowest BCUT2D eigenvalue weighted by molar-refractivity contribution is 0.0118. The normalized spacial score (nSPS) is 18.1. The van der Waals surface area contributed by atoms with Crippen molar-refractivity contribution >= 4 is 0 Å². The number of rotatable bonds is 8. The molecule has 1 N–H and O–H groups in total. The molecule has 1 aliphatic carbocycles. The molecule has 34 heavy (non-hydrogen) atoms. The van der Waals surface area contributed by atoms with Gasteiger partial charge in [-0.2, -0.15) is 0 Å². The first-order chi connectivity index (χ1) is 16.5. The summed E-state index contributed by atoms with van der Waals surface area (Å²) in [6.07, 6.45) is 2.72. The monoisotopic (exact) mass is 470 g/mol. The van der Waals surface area contributed by atoms with Gasteiger partial charge in [0.25, 0.3) is 0 Å². The zero-order chi connectivity index (χ0) is 24.1. The van der Waals surface area contributed by atoms with Crippen LogP contribution in [-0.2, 0) is 18.0 Å². The fourth-order valence-corrected chi connectivity index (χ4v) is 4.54. The molecule has 180 valence electrons. The maximum Gasteiger partial charge on any atom is 0.166 e. The molecule has 0 spiro atoms. The molecule has 0 aromatic heterocycles. The van der Waals surface area contributed by atoms with E-state index in [2.05, 4.69) is 0 Å². The molecule has 3 aromatic carbocycles. The van der Waals surface area contributed by atoms with Gasteiger partial charge in [0.05, 0.1) is 25.9 Å². The Balaban J connectivity index is 1.36. The number of benzene rings is 3. The van der Waals surface area contributed by atoms with Gasteiger partial charge in [-0.3, -0.25) is 0 Å². The van der Waals surface area contributed by atoms with Gasteiger partial charge in [-0.15, -0.1) is 0 Å². The minimum Gasteiger partial charge on any atom is -0.494 e. The summed E-state index contributed by atoms with van der Waals surface area (Å²) in [5, 5.41) is 9.16. The van der Waals surface area contributed by atoms with Crippen LogP contribution < -0.4 is 4.74 Å². The maximum atomic E-state index is 15.0. The highest BCUT2D eigenvalue weighted by Crippen LogP contribution is 2.38. The third kappa shape index (κ3) is 5.45. The van der Waals surface area contributed by atoms with E-state index < -0.39 is 11.6 Å². The number of ether oxygens (including phenoxy) is 2. The molecule has 3 nitrogen and oxygen atoms in total. The molecule has 0 bridgehead atoms. The average molecular weight is 471 g/mol. The maximum absolute atomic E-state index is 15.0. The Bertz CT molecular complexity index is 1110. The van der Waals surface area contributed by atoms with Crippen LogP contribution in [-0.4, -0.2) is 17.8 Å². The molecule has 0 unspecified atom stereocenters. The van der Waals surface area contributed by atoms with Crippen LogP contribution in [0.5, 0.6) is 5.75 Å². The van der Waals surface area contributed by atoms with Crippen molar-refractivity contribution in [1.82, 2.24) is 0 Å². The van der Waals surface area contributed by atoms with E-state index in [-0.39, 0.29) is 36.6 Å². The van der Waals surface area contributed by atoms with E-state index in [9.17, 15) is 13.2 Å². The van der Waals surface area contributed by atoms with Crippen molar-refractivity contribution in [3.63, 3.8) is 0 Å². The van der Waals surface area contributed by atoms with Crippen molar-refractivity contribution in [3.8, 4) is 16.9 Å². The molecule has 1 saturated carbocycles. The Labute approximate surface area is 198 Å². The van der Waals surface area contributed by atoms with Gasteiger partial charge < -0.3 is 14.6 Å². The molecule has 0 atom stereocenters. The summed E-state index contributed by atoms with van der Waals surface area (Å²) in [5.74, 6) is -1.60. The van der Waals surface area contributed by atoms with Gasteiger partial charge >= 0.3 is 0 Å². The van der Waals surface area contributed by atoms with E-state index in [0.29, 0.717) is 60.3 Å². The second-order valence-electron chi connectivity index (χ2n) is 8.66. The summed E-state index contributed by atoms with van der Waals surface area (Å²) in [6.45, 7) is 2.39. The highest BCUT2D eigenvalue weighted by molar-refractivity contribution is 5.65. The highest BCUT2D eigenvalue weighted by Gasteiger charge is 2.27. The standard InChI is InChI=1S/C28H29F3O3/c1-2-33-23-12-9-21(26(29)15-23)17-34-22-10-7-20(8-11-22)25-14-13-24(27(30)28(25)31)19-5-3-18(16-32)4-6-19/h3-6,9,12-15,20,22,32H,2,7-8,10-11,16-17H2,1H3. The molecule has 1 aliphatic rings. The number of halogens is 3. The SMILES string of the molecule is CCOc1ccc(COC2CCC(c3ccc(-c4ccc(CO)cc4)c(F)c3F)CC2)c(F)c1. The second kappa shape index (κ2) is 11.1. The average Bonchev–Trinajstić information content (AvgIpc) is 2.86. The van der Waals surface area contributed by atoms with E-state index in [1.807, 2.05) is 6.92 Å². The predicted octanol–water partition coefficient (Wildman–Crippen LogP) is 6.90. The molecule has 6 heteroatoms. The van der Waals surface area contributed by atoms with Gasteiger partial charge in [-0.05, 0) is 61.3 Å². The predicted molar refractivity (Wildman–Crippen MR) is 125 cm³/mol. The summed E-state index contributed by atoms with van der Waals surface area (Å²) in [5.41, 5.74) is 2.36. The van der Waals surface area contributed by atoms with Crippen molar-refractivity contribution in [3.05, 3.63) is 88.7 Å². The largest absolute Gasteiger partial charge is 0.494 e. The van der Waals surface area contributed by atoms with Crippen LogP contribution in [0.25, 0.3) is 11.1 Å². The van der Waals surface area contributed by atoms with Gasteiger partial charge in [0.15, 0.2) is 11.6 Å². The summed E-state index contributed by atoms with van der Waals surface area (Å²) in [4.78, 5) is 0.